The Balaban J connectivity index is 2.41. The van der Waals surface area contributed by atoms with E-state index in [1.165, 1.54) is 0 Å². The van der Waals surface area contributed by atoms with Crippen LogP contribution in [-0.2, 0) is 4.79 Å². The molecule has 0 aromatic carbocycles. The van der Waals surface area contributed by atoms with Crippen LogP contribution in [0.2, 0.25) is 0 Å². The summed E-state index contributed by atoms with van der Waals surface area (Å²) in [5.74, 6) is -0.118. The van der Waals surface area contributed by atoms with E-state index < -0.39 is 5.97 Å². The van der Waals surface area contributed by atoms with Gasteiger partial charge in [0.25, 0.3) is 0 Å². The third kappa shape index (κ3) is 2.45. The predicted octanol–water partition coefficient (Wildman–Crippen LogP) is 2.04. The molecule has 1 N–H and O–H groups in total. The van der Waals surface area contributed by atoms with Crippen molar-refractivity contribution in [2.75, 3.05) is 0 Å². The lowest BCUT2D eigenvalue weighted by atomic mass is 9.99. The number of aliphatic carboxylic acids is 1. The molecule has 1 aliphatic rings. The molecule has 3 heteroatoms. The number of nitrogens with zero attached hydrogens (tertiary/aromatic N) is 1. The van der Waals surface area contributed by atoms with E-state index in [9.17, 15) is 4.79 Å². The quantitative estimate of drug-likeness (QED) is 0.724. The lowest BCUT2D eigenvalue weighted by Gasteiger charge is -2.07. The van der Waals surface area contributed by atoms with Crippen LogP contribution in [0.4, 0.5) is 0 Å². The molecule has 3 atom stereocenters. The Morgan fingerprint density at radius 1 is 1.62 bits per heavy atom. The Morgan fingerprint density at radius 3 is 2.77 bits per heavy atom. The highest BCUT2D eigenvalue weighted by molar-refractivity contribution is 5.70. The summed E-state index contributed by atoms with van der Waals surface area (Å²) in [6.45, 7) is 1.99. The van der Waals surface area contributed by atoms with E-state index in [1.54, 1.807) is 0 Å². The molecule has 1 aliphatic carbocycles. The van der Waals surface area contributed by atoms with Crippen LogP contribution in [0.5, 0.6) is 0 Å². The summed E-state index contributed by atoms with van der Waals surface area (Å²) in [5, 5.41) is 17.3. The predicted molar refractivity (Wildman–Crippen MR) is 47.9 cm³/mol. The Bertz CT molecular complexity index is 232. The SMILES string of the molecule is CC1CC(CCC#N)CC1C(=O)O. The molecule has 0 bridgehead atoms. The molecule has 13 heavy (non-hydrogen) atoms. The second kappa shape index (κ2) is 4.27. The van der Waals surface area contributed by atoms with Crippen molar-refractivity contribution >= 4 is 5.97 Å². The zero-order chi connectivity index (χ0) is 9.84. The molecule has 0 amide bonds. The molecule has 0 heterocycles. The van der Waals surface area contributed by atoms with Crippen LogP contribution in [0.1, 0.15) is 32.6 Å². The standard InChI is InChI=1S/C10H15NO2/c1-7-5-8(3-2-4-11)6-9(7)10(12)13/h7-9H,2-3,5-6H2,1H3,(H,12,13). The van der Waals surface area contributed by atoms with E-state index in [-0.39, 0.29) is 11.8 Å². The van der Waals surface area contributed by atoms with Gasteiger partial charge in [-0.1, -0.05) is 6.92 Å². The number of hydrogen-bond donors (Lipinski definition) is 1. The first-order chi connectivity index (χ1) is 6.15. The zero-order valence-electron chi connectivity index (χ0n) is 7.86. The van der Waals surface area contributed by atoms with Gasteiger partial charge in [-0.25, -0.2) is 0 Å². The number of carboxylic acid groups (broad SMARTS) is 1. The smallest absolute Gasteiger partial charge is 0.306 e. The van der Waals surface area contributed by atoms with Crippen LogP contribution in [0, 0.1) is 29.1 Å². The van der Waals surface area contributed by atoms with Crippen molar-refractivity contribution in [3.63, 3.8) is 0 Å². The van der Waals surface area contributed by atoms with E-state index >= 15 is 0 Å². The Hall–Kier alpha value is -1.04. The Morgan fingerprint density at radius 2 is 2.31 bits per heavy atom. The highest BCUT2D eigenvalue weighted by Crippen LogP contribution is 2.38. The van der Waals surface area contributed by atoms with E-state index in [4.69, 9.17) is 10.4 Å². The fraction of sp³-hybridized carbons (Fsp3) is 0.800. The van der Waals surface area contributed by atoms with Crippen molar-refractivity contribution in [1.29, 1.82) is 5.26 Å². The largest absolute Gasteiger partial charge is 0.481 e. The summed E-state index contributed by atoms with van der Waals surface area (Å²) in [6, 6.07) is 2.11. The van der Waals surface area contributed by atoms with Gasteiger partial charge in [0.15, 0.2) is 0 Å². The fourth-order valence-corrected chi connectivity index (χ4v) is 2.23. The molecule has 0 spiro atoms. The summed E-state index contributed by atoms with van der Waals surface area (Å²) < 4.78 is 0. The molecule has 1 fully saturated rings. The van der Waals surface area contributed by atoms with Gasteiger partial charge in [-0.05, 0) is 31.1 Å². The molecule has 1 rings (SSSR count). The minimum atomic E-state index is -0.674. The summed E-state index contributed by atoms with van der Waals surface area (Å²) in [6.07, 6.45) is 3.16. The molecule has 72 valence electrons. The van der Waals surface area contributed by atoms with Gasteiger partial charge in [-0.3, -0.25) is 4.79 Å². The second-order valence-electron chi connectivity index (χ2n) is 3.96. The van der Waals surface area contributed by atoms with Crippen molar-refractivity contribution in [3.8, 4) is 6.07 Å². The van der Waals surface area contributed by atoms with Crippen LogP contribution in [-0.4, -0.2) is 11.1 Å². The van der Waals surface area contributed by atoms with Gasteiger partial charge in [0.2, 0.25) is 0 Å². The fourth-order valence-electron chi connectivity index (χ4n) is 2.23. The molecule has 3 unspecified atom stereocenters. The van der Waals surface area contributed by atoms with Crippen molar-refractivity contribution < 1.29 is 9.90 Å². The van der Waals surface area contributed by atoms with Crippen LogP contribution in [0.15, 0.2) is 0 Å². The second-order valence-corrected chi connectivity index (χ2v) is 3.96. The first-order valence-electron chi connectivity index (χ1n) is 4.75. The van der Waals surface area contributed by atoms with Gasteiger partial charge in [-0.15, -0.1) is 0 Å². The maximum absolute atomic E-state index is 10.8. The molecule has 0 aromatic rings. The maximum atomic E-state index is 10.8. The van der Waals surface area contributed by atoms with Gasteiger partial charge in [-0.2, -0.15) is 5.26 Å². The van der Waals surface area contributed by atoms with E-state index in [2.05, 4.69) is 6.07 Å². The minimum Gasteiger partial charge on any atom is -0.481 e. The lowest BCUT2D eigenvalue weighted by molar-refractivity contribution is -0.142. The number of rotatable bonds is 3. The van der Waals surface area contributed by atoms with Crippen molar-refractivity contribution in [2.45, 2.75) is 32.6 Å². The average Bonchev–Trinajstić information content (AvgIpc) is 2.43. The molecule has 0 aromatic heterocycles. The molecule has 0 saturated heterocycles. The average molecular weight is 181 g/mol. The third-order valence-electron chi connectivity index (χ3n) is 2.96. The third-order valence-corrected chi connectivity index (χ3v) is 2.96. The zero-order valence-corrected chi connectivity index (χ0v) is 7.86. The van der Waals surface area contributed by atoms with Gasteiger partial charge in [0, 0.05) is 6.42 Å². The van der Waals surface area contributed by atoms with E-state index in [1.807, 2.05) is 6.92 Å². The Kier molecular flexibility index (Phi) is 3.30. The maximum Gasteiger partial charge on any atom is 0.306 e. The van der Waals surface area contributed by atoms with Crippen molar-refractivity contribution in [1.82, 2.24) is 0 Å². The number of nitriles is 1. The molecule has 1 saturated carbocycles. The number of hydrogen-bond acceptors (Lipinski definition) is 2. The van der Waals surface area contributed by atoms with Crippen molar-refractivity contribution in [2.24, 2.45) is 17.8 Å². The summed E-state index contributed by atoms with van der Waals surface area (Å²) in [5.41, 5.74) is 0. The summed E-state index contributed by atoms with van der Waals surface area (Å²) in [7, 11) is 0. The molecule has 3 nitrogen and oxygen atoms in total. The molecular formula is C10H15NO2. The Labute approximate surface area is 78.4 Å². The first-order valence-corrected chi connectivity index (χ1v) is 4.75. The monoisotopic (exact) mass is 181 g/mol. The van der Waals surface area contributed by atoms with Crippen molar-refractivity contribution in [3.05, 3.63) is 0 Å². The number of carboxylic acids is 1. The van der Waals surface area contributed by atoms with Crippen LogP contribution >= 0.6 is 0 Å². The van der Waals surface area contributed by atoms with Crippen LogP contribution in [0.25, 0.3) is 0 Å². The summed E-state index contributed by atoms with van der Waals surface area (Å²) >= 11 is 0. The van der Waals surface area contributed by atoms with Gasteiger partial charge in [0.05, 0.1) is 12.0 Å². The van der Waals surface area contributed by atoms with E-state index in [0.717, 1.165) is 19.3 Å². The van der Waals surface area contributed by atoms with Gasteiger partial charge >= 0.3 is 5.97 Å². The topological polar surface area (TPSA) is 61.1 Å². The van der Waals surface area contributed by atoms with Gasteiger partial charge in [0.1, 0.15) is 0 Å². The highest BCUT2D eigenvalue weighted by atomic mass is 16.4. The molecule has 0 aliphatic heterocycles. The van der Waals surface area contributed by atoms with E-state index in [0.29, 0.717) is 12.3 Å². The lowest BCUT2D eigenvalue weighted by Crippen LogP contribution is -2.15. The van der Waals surface area contributed by atoms with Gasteiger partial charge < -0.3 is 5.11 Å². The number of carbonyl (C=O) groups is 1. The summed E-state index contributed by atoms with van der Waals surface area (Å²) in [4.78, 5) is 10.8. The normalized spacial score (nSPS) is 32.8. The first kappa shape index (κ1) is 10.0. The van der Waals surface area contributed by atoms with Crippen LogP contribution in [0.3, 0.4) is 0 Å². The molecule has 0 radical (unpaired) electrons. The minimum absolute atomic E-state index is 0.177. The highest BCUT2D eigenvalue weighted by Gasteiger charge is 2.35. The molecular weight excluding hydrogens is 166 g/mol. The van der Waals surface area contributed by atoms with Crippen LogP contribution < -0.4 is 0 Å².